The Morgan fingerprint density at radius 3 is 2.42 bits per heavy atom. The van der Waals surface area contributed by atoms with Crippen LogP contribution in [0.25, 0.3) is 0 Å². The highest BCUT2D eigenvalue weighted by Crippen LogP contribution is 2.27. The summed E-state index contributed by atoms with van der Waals surface area (Å²) in [5.74, 6) is 2.08. The second-order valence-electron chi connectivity index (χ2n) is 7.09. The standard InChI is InChI=1S/C24H28N2O4S/c1-5-17(2)26(24(27)18-10-12-20(28-3)13-11-18)14-19-16-31-23(25-19)15-30-22-9-7-6-8-21(22)29-4/h6-13,16-17H,5,14-15H2,1-4H3/t17-/m0/s1. The normalized spacial score (nSPS) is 11.6. The number of benzene rings is 2. The smallest absolute Gasteiger partial charge is 0.254 e. The first-order valence-corrected chi connectivity index (χ1v) is 11.1. The molecule has 1 amide bonds. The van der Waals surface area contributed by atoms with Gasteiger partial charge in [-0.2, -0.15) is 0 Å². The number of amides is 1. The predicted molar refractivity (Wildman–Crippen MR) is 122 cm³/mol. The highest BCUT2D eigenvalue weighted by Gasteiger charge is 2.22. The van der Waals surface area contributed by atoms with E-state index in [4.69, 9.17) is 14.2 Å². The third kappa shape index (κ3) is 5.76. The third-order valence-corrected chi connectivity index (χ3v) is 5.94. The van der Waals surface area contributed by atoms with Gasteiger partial charge in [0.05, 0.1) is 26.5 Å². The summed E-state index contributed by atoms with van der Waals surface area (Å²) < 4.78 is 16.4. The molecule has 0 aliphatic rings. The molecule has 1 heterocycles. The third-order valence-electron chi connectivity index (χ3n) is 5.07. The summed E-state index contributed by atoms with van der Waals surface area (Å²) in [6.45, 7) is 4.93. The second-order valence-corrected chi connectivity index (χ2v) is 8.03. The molecule has 31 heavy (non-hydrogen) atoms. The lowest BCUT2D eigenvalue weighted by atomic mass is 10.1. The van der Waals surface area contributed by atoms with Crippen LogP contribution in [0.5, 0.6) is 17.2 Å². The van der Waals surface area contributed by atoms with Crippen LogP contribution in [0.3, 0.4) is 0 Å². The molecule has 0 unspecified atom stereocenters. The largest absolute Gasteiger partial charge is 0.497 e. The van der Waals surface area contributed by atoms with Crippen LogP contribution in [0, 0.1) is 0 Å². The maximum atomic E-state index is 13.2. The first-order chi connectivity index (χ1) is 15.0. The van der Waals surface area contributed by atoms with Crippen molar-refractivity contribution in [2.45, 2.75) is 39.5 Å². The van der Waals surface area contributed by atoms with Crippen molar-refractivity contribution in [3.8, 4) is 17.2 Å². The van der Waals surface area contributed by atoms with E-state index in [1.807, 2.05) is 34.5 Å². The average Bonchev–Trinajstić information content (AvgIpc) is 3.28. The molecule has 0 saturated carbocycles. The van der Waals surface area contributed by atoms with Gasteiger partial charge >= 0.3 is 0 Å². The topological polar surface area (TPSA) is 60.9 Å². The quantitative estimate of drug-likeness (QED) is 0.435. The highest BCUT2D eigenvalue weighted by atomic mass is 32.1. The summed E-state index contributed by atoms with van der Waals surface area (Å²) >= 11 is 1.52. The van der Waals surface area contributed by atoms with E-state index in [2.05, 4.69) is 18.8 Å². The Bertz CT molecular complexity index is 987. The van der Waals surface area contributed by atoms with Gasteiger partial charge in [0, 0.05) is 17.0 Å². The monoisotopic (exact) mass is 440 g/mol. The Hall–Kier alpha value is -3.06. The highest BCUT2D eigenvalue weighted by molar-refractivity contribution is 7.09. The van der Waals surface area contributed by atoms with E-state index < -0.39 is 0 Å². The van der Waals surface area contributed by atoms with Gasteiger partial charge in [-0.15, -0.1) is 11.3 Å². The molecule has 0 radical (unpaired) electrons. The van der Waals surface area contributed by atoms with Crippen LogP contribution in [-0.2, 0) is 13.2 Å². The van der Waals surface area contributed by atoms with Gasteiger partial charge in [0.25, 0.3) is 5.91 Å². The molecule has 0 saturated heterocycles. The minimum Gasteiger partial charge on any atom is -0.497 e. The fraction of sp³-hybridized carbons (Fsp3) is 0.333. The van der Waals surface area contributed by atoms with Crippen molar-refractivity contribution in [3.63, 3.8) is 0 Å². The van der Waals surface area contributed by atoms with Gasteiger partial charge in [0.2, 0.25) is 0 Å². The van der Waals surface area contributed by atoms with Gasteiger partial charge < -0.3 is 19.1 Å². The van der Waals surface area contributed by atoms with Crippen molar-refractivity contribution < 1.29 is 19.0 Å². The van der Waals surface area contributed by atoms with E-state index in [1.165, 1.54) is 11.3 Å². The summed E-state index contributed by atoms with van der Waals surface area (Å²) in [5, 5.41) is 2.83. The lowest BCUT2D eigenvalue weighted by Crippen LogP contribution is -2.37. The van der Waals surface area contributed by atoms with E-state index >= 15 is 0 Å². The number of aromatic nitrogens is 1. The van der Waals surface area contributed by atoms with Gasteiger partial charge in [-0.1, -0.05) is 19.1 Å². The lowest BCUT2D eigenvalue weighted by molar-refractivity contribution is 0.0669. The van der Waals surface area contributed by atoms with Crippen LogP contribution < -0.4 is 14.2 Å². The summed E-state index contributed by atoms with van der Waals surface area (Å²) in [5.41, 5.74) is 1.49. The Morgan fingerprint density at radius 1 is 1.06 bits per heavy atom. The molecule has 0 fully saturated rings. The minimum absolute atomic E-state index is 0.0168. The molecule has 6 nitrogen and oxygen atoms in total. The van der Waals surface area contributed by atoms with Gasteiger partial charge in [-0.25, -0.2) is 4.98 Å². The number of rotatable bonds is 10. The van der Waals surface area contributed by atoms with E-state index in [0.29, 0.717) is 30.2 Å². The lowest BCUT2D eigenvalue weighted by Gasteiger charge is -2.28. The number of nitrogens with zero attached hydrogens (tertiary/aromatic N) is 2. The molecule has 0 aliphatic heterocycles. The van der Waals surface area contributed by atoms with E-state index in [0.717, 1.165) is 22.9 Å². The zero-order valence-electron chi connectivity index (χ0n) is 18.3. The van der Waals surface area contributed by atoms with Gasteiger partial charge in [0.1, 0.15) is 17.4 Å². The first kappa shape index (κ1) is 22.6. The van der Waals surface area contributed by atoms with Gasteiger partial charge in [0.15, 0.2) is 11.5 Å². The molecule has 1 aromatic heterocycles. The molecule has 7 heteroatoms. The summed E-state index contributed by atoms with van der Waals surface area (Å²) in [6, 6.07) is 14.8. The number of carbonyl (C=O) groups is 1. The molecule has 3 aromatic rings. The van der Waals surface area contributed by atoms with Crippen molar-refractivity contribution >= 4 is 17.2 Å². The Balaban J connectivity index is 1.69. The summed E-state index contributed by atoms with van der Waals surface area (Å²) in [7, 11) is 3.23. The maximum Gasteiger partial charge on any atom is 0.254 e. The molecule has 164 valence electrons. The molecular formula is C24H28N2O4S. The van der Waals surface area contributed by atoms with Crippen LogP contribution in [0.15, 0.2) is 53.9 Å². The molecular weight excluding hydrogens is 412 g/mol. The first-order valence-electron chi connectivity index (χ1n) is 10.2. The fourth-order valence-corrected chi connectivity index (χ4v) is 3.78. The van der Waals surface area contributed by atoms with Crippen LogP contribution in [0.4, 0.5) is 0 Å². The number of methoxy groups -OCH3 is 2. The van der Waals surface area contributed by atoms with Crippen LogP contribution in [0.1, 0.15) is 41.3 Å². The maximum absolute atomic E-state index is 13.2. The van der Waals surface area contributed by atoms with Gasteiger partial charge in [-0.05, 0) is 49.7 Å². The van der Waals surface area contributed by atoms with Crippen molar-refractivity contribution in [2.75, 3.05) is 14.2 Å². The molecule has 1 atom stereocenters. The fourth-order valence-electron chi connectivity index (χ4n) is 3.09. The number of hydrogen-bond donors (Lipinski definition) is 0. The Morgan fingerprint density at radius 2 is 1.77 bits per heavy atom. The van der Waals surface area contributed by atoms with Crippen LogP contribution in [-0.4, -0.2) is 36.1 Å². The van der Waals surface area contributed by atoms with Gasteiger partial charge in [-0.3, -0.25) is 4.79 Å². The predicted octanol–water partition coefficient (Wildman–Crippen LogP) is 5.18. The summed E-state index contributed by atoms with van der Waals surface area (Å²) in [6.07, 6.45) is 0.857. The van der Waals surface area contributed by atoms with Crippen LogP contribution >= 0.6 is 11.3 Å². The molecule has 3 rings (SSSR count). The van der Waals surface area contributed by atoms with E-state index in [1.54, 1.807) is 38.5 Å². The zero-order valence-corrected chi connectivity index (χ0v) is 19.1. The van der Waals surface area contributed by atoms with Crippen LogP contribution in [0.2, 0.25) is 0 Å². The number of thiazole rings is 1. The molecule has 0 spiro atoms. The number of ether oxygens (including phenoxy) is 3. The van der Waals surface area contributed by atoms with Crippen molar-refractivity contribution in [1.82, 2.24) is 9.88 Å². The van der Waals surface area contributed by atoms with E-state index in [9.17, 15) is 4.79 Å². The molecule has 0 N–H and O–H groups in total. The van der Waals surface area contributed by atoms with E-state index in [-0.39, 0.29) is 11.9 Å². The number of carbonyl (C=O) groups excluding carboxylic acids is 1. The minimum atomic E-state index is -0.0168. The zero-order chi connectivity index (χ0) is 22.2. The molecule has 2 aromatic carbocycles. The Labute approximate surface area is 187 Å². The molecule has 0 bridgehead atoms. The summed E-state index contributed by atoms with van der Waals surface area (Å²) in [4.78, 5) is 19.7. The van der Waals surface area contributed by atoms with Crippen molar-refractivity contribution in [3.05, 3.63) is 70.2 Å². The van der Waals surface area contributed by atoms with Crippen molar-refractivity contribution in [1.29, 1.82) is 0 Å². The SMILES string of the molecule is CC[C@H](C)N(Cc1csc(COc2ccccc2OC)n1)C(=O)c1ccc(OC)cc1. The van der Waals surface area contributed by atoms with Crippen molar-refractivity contribution in [2.24, 2.45) is 0 Å². The second kappa shape index (κ2) is 10.8. The molecule has 0 aliphatic carbocycles. The number of hydrogen-bond acceptors (Lipinski definition) is 6. The average molecular weight is 441 g/mol. The number of para-hydroxylation sites is 2. The Kier molecular flexibility index (Phi) is 7.89.